The van der Waals surface area contributed by atoms with Gasteiger partial charge in [-0.05, 0) is 117 Å². The Balaban J connectivity index is 1.10. The third kappa shape index (κ3) is 7.50. The molecule has 5 nitrogen and oxygen atoms in total. The number of piperidine rings is 1. The molecule has 46 heavy (non-hydrogen) atoms. The molecular weight excluding hydrogens is 594 g/mol. The molecular formula is C37H45F4N3O2. The molecule has 1 aliphatic heterocycles. The van der Waals surface area contributed by atoms with Crippen LogP contribution in [-0.4, -0.2) is 45.4 Å². The molecule has 6 rings (SSSR count). The Kier molecular flexibility index (Phi) is 9.88. The van der Waals surface area contributed by atoms with Gasteiger partial charge in [-0.1, -0.05) is 43.5 Å². The van der Waals surface area contributed by atoms with E-state index in [4.69, 9.17) is 5.10 Å². The lowest BCUT2D eigenvalue weighted by atomic mass is 9.74. The Labute approximate surface area is 269 Å². The van der Waals surface area contributed by atoms with Gasteiger partial charge in [-0.25, -0.2) is 4.39 Å². The van der Waals surface area contributed by atoms with Crippen molar-refractivity contribution in [2.45, 2.75) is 89.3 Å². The van der Waals surface area contributed by atoms with Crippen LogP contribution in [0.2, 0.25) is 0 Å². The summed E-state index contributed by atoms with van der Waals surface area (Å²) in [6.45, 7) is 5.52. The van der Waals surface area contributed by atoms with Gasteiger partial charge < -0.3 is 10.0 Å². The summed E-state index contributed by atoms with van der Waals surface area (Å²) in [5.41, 5.74) is 3.19. The van der Waals surface area contributed by atoms with Crippen molar-refractivity contribution in [2.75, 3.05) is 19.6 Å². The van der Waals surface area contributed by atoms with Gasteiger partial charge in [-0.2, -0.15) is 18.3 Å². The van der Waals surface area contributed by atoms with E-state index in [0.717, 1.165) is 100 Å². The number of aryl methyl sites for hydroxylation is 1. The first-order chi connectivity index (χ1) is 22.1. The second kappa shape index (κ2) is 13.9. The third-order valence-electron chi connectivity index (χ3n) is 11.0. The van der Waals surface area contributed by atoms with Gasteiger partial charge in [0.1, 0.15) is 5.82 Å². The van der Waals surface area contributed by atoms with Crippen molar-refractivity contribution in [1.82, 2.24) is 14.7 Å². The highest BCUT2D eigenvalue weighted by molar-refractivity contribution is 5.70. The smallest absolute Gasteiger partial charge is 0.416 e. The van der Waals surface area contributed by atoms with Crippen molar-refractivity contribution in [1.29, 1.82) is 0 Å². The molecule has 2 aromatic carbocycles. The van der Waals surface area contributed by atoms with Crippen LogP contribution in [0.25, 0.3) is 0 Å². The largest absolute Gasteiger partial charge is 0.481 e. The first kappa shape index (κ1) is 32.7. The number of carboxylic acid groups (broad SMARTS) is 1. The van der Waals surface area contributed by atoms with E-state index in [1.807, 2.05) is 10.7 Å². The van der Waals surface area contributed by atoms with Gasteiger partial charge in [-0.3, -0.25) is 9.48 Å². The van der Waals surface area contributed by atoms with Gasteiger partial charge in [0.25, 0.3) is 0 Å². The van der Waals surface area contributed by atoms with Crippen LogP contribution in [0.5, 0.6) is 0 Å². The second-order valence-corrected chi connectivity index (χ2v) is 14.0. The highest BCUT2D eigenvalue weighted by Gasteiger charge is 2.43. The molecule has 0 bridgehead atoms. The number of hydrogen-bond donors (Lipinski definition) is 1. The Morgan fingerprint density at radius 1 is 1.02 bits per heavy atom. The zero-order valence-corrected chi connectivity index (χ0v) is 26.6. The average molecular weight is 640 g/mol. The minimum atomic E-state index is -4.35. The zero-order valence-electron chi connectivity index (χ0n) is 26.6. The Hall–Kier alpha value is -3.20. The van der Waals surface area contributed by atoms with Crippen LogP contribution in [0.1, 0.15) is 98.2 Å². The van der Waals surface area contributed by atoms with E-state index in [1.165, 1.54) is 30.3 Å². The van der Waals surface area contributed by atoms with Crippen LogP contribution in [0.4, 0.5) is 17.6 Å². The Bertz CT molecular complexity index is 1470. The summed E-state index contributed by atoms with van der Waals surface area (Å²) in [7, 11) is 0. The Morgan fingerprint density at radius 2 is 1.76 bits per heavy atom. The fourth-order valence-corrected chi connectivity index (χ4v) is 8.35. The maximum Gasteiger partial charge on any atom is 0.416 e. The lowest BCUT2D eigenvalue weighted by molar-refractivity contribution is -0.144. The number of rotatable bonds is 11. The summed E-state index contributed by atoms with van der Waals surface area (Å²) in [4.78, 5) is 14.9. The van der Waals surface area contributed by atoms with Crippen molar-refractivity contribution < 1.29 is 27.5 Å². The van der Waals surface area contributed by atoms with Crippen molar-refractivity contribution >= 4 is 5.97 Å². The summed E-state index contributed by atoms with van der Waals surface area (Å²) < 4.78 is 55.3. The van der Waals surface area contributed by atoms with Gasteiger partial charge in [0.15, 0.2) is 0 Å². The van der Waals surface area contributed by atoms with Crippen molar-refractivity contribution in [3.63, 3.8) is 0 Å². The van der Waals surface area contributed by atoms with Crippen molar-refractivity contribution in [3.05, 3.63) is 88.5 Å². The molecule has 0 spiro atoms. The highest BCUT2D eigenvalue weighted by Crippen LogP contribution is 2.49. The number of aromatic nitrogens is 2. The molecule has 3 unspecified atom stereocenters. The van der Waals surface area contributed by atoms with E-state index in [1.54, 1.807) is 12.1 Å². The second-order valence-electron chi connectivity index (χ2n) is 14.0. The van der Waals surface area contributed by atoms with E-state index in [2.05, 4.69) is 17.9 Å². The molecule has 0 amide bonds. The fourth-order valence-electron chi connectivity index (χ4n) is 8.35. The van der Waals surface area contributed by atoms with E-state index in [9.17, 15) is 27.5 Å². The van der Waals surface area contributed by atoms with Crippen LogP contribution in [0.3, 0.4) is 0 Å². The minimum Gasteiger partial charge on any atom is -0.481 e. The summed E-state index contributed by atoms with van der Waals surface area (Å²) in [5, 5.41) is 15.0. The monoisotopic (exact) mass is 639 g/mol. The highest BCUT2D eigenvalue weighted by atomic mass is 19.4. The van der Waals surface area contributed by atoms with E-state index < -0.39 is 17.7 Å². The maximum absolute atomic E-state index is 14.3. The molecule has 9 heteroatoms. The minimum absolute atomic E-state index is 0.107. The number of likely N-dealkylation sites (tertiary alicyclic amines) is 1. The maximum atomic E-state index is 14.3. The van der Waals surface area contributed by atoms with Crippen molar-refractivity contribution in [2.24, 2.45) is 23.7 Å². The number of alkyl halides is 3. The Morgan fingerprint density at radius 3 is 2.37 bits per heavy atom. The van der Waals surface area contributed by atoms with Crippen molar-refractivity contribution in [3.8, 4) is 0 Å². The molecule has 4 atom stereocenters. The summed E-state index contributed by atoms with van der Waals surface area (Å²) >= 11 is 0. The van der Waals surface area contributed by atoms with E-state index >= 15 is 0 Å². The molecule has 2 aliphatic carbocycles. The van der Waals surface area contributed by atoms with Gasteiger partial charge in [-0.15, -0.1) is 0 Å². The number of hydrogen-bond acceptors (Lipinski definition) is 3. The van der Waals surface area contributed by atoms with E-state index in [-0.39, 0.29) is 29.5 Å². The lowest BCUT2D eigenvalue weighted by Gasteiger charge is -2.35. The zero-order chi connectivity index (χ0) is 32.4. The van der Waals surface area contributed by atoms with Crippen LogP contribution in [0, 0.1) is 29.5 Å². The SMILES string of the molecule is CCn1nc(Cc2ccc(C(F)(F)F)cc2)cc1C1CCN(CC2CC([C@H](CC3CCC3)C(=O)O)CC2c2cccc(F)c2)CC1. The number of nitrogens with zero attached hydrogens (tertiary/aromatic N) is 3. The summed E-state index contributed by atoms with van der Waals surface area (Å²) in [6, 6.07) is 14.3. The van der Waals surface area contributed by atoms with Crippen LogP contribution in [0.15, 0.2) is 54.6 Å². The van der Waals surface area contributed by atoms with Gasteiger partial charge in [0, 0.05) is 31.1 Å². The quantitative estimate of drug-likeness (QED) is 0.214. The average Bonchev–Trinajstić information content (AvgIpc) is 3.60. The molecule has 0 radical (unpaired) electrons. The topological polar surface area (TPSA) is 58.4 Å². The number of halogens is 4. The van der Waals surface area contributed by atoms with E-state index in [0.29, 0.717) is 18.3 Å². The molecule has 248 valence electrons. The molecule has 2 heterocycles. The number of carbonyl (C=O) groups is 1. The summed E-state index contributed by atoms with van der Waals surface area (Å²) in [5.74, 6) is 0.160. The number of carboxylic acids is 1. The third-order valence-corrected chi connectivity index (χ3v) is 11.0. The fraction of sp³-hybridized carbons (Fsp3) is 0.568. The first-order valence-corrected chi connectivity index (χ1v) is 17.0. The molecule has 1 saturated heterocycles. The molecule has 1 aromatic heterocycles. The standard InChI is InChI=1S/C37H45F4N3O2/c1-2-44-35(22-32(42-44)17-25-9-11-30(12-10-25)37(39,40)41)26-13-15-43(16-14-26)23-29-19-28(34(36(45)46)18-24-5-3-6-24)21-33(29)27-7-4-8-31(38)20-27/h4,7-12,20,22,24,26,28-29,33-34H,2-3,5-6,13-19,21,23H2,1H3,(H,45,46)/t28?,29?,33?,34-/m0/s1. The normalized spacial score (nSPS) is 23.8. The predicted octanol–water partition coefficient (Wildman–Crippen LogP) is 8.53. The summed E-state index contributed by atoms with van der Waals surface area (Å²) in [6.07, 6.45) is 3.99. The number of benzene rings is 2. The molecule has 3 fully saturated rings. The van der Waals surface area contributed by atoms with Gasteiger partial charge in [0.05, 0.1) is 17.2 Å². The van der Waals surface area contributed by atoms with Crippen LogP contribution < -0.4 is 0 Å². The first-order valence-electron chi connectivity index (χ1n) is 17.0. The van der Waals surface area contributed by atoms with Crippen LogP contribution >= 0.6 is 0 Å². The number of aliphatic carboxylic acids is 1. The predicted molar refractivity (Wildman–Crippen MR) is 169 cm³/mol. The van der Waals surface area contributed by atoms with Gasteiger partial charge >= 0.3 is 12.1 Å². The molecule has 2 saturated carbocycles. The molecule has 1 N–H and O–H groups in total. The lowest BCUT2D eigenvalue weighted by Crippen LogP contribution is -2.37. The molecule has 3 aliphatic rings. The molecule has 3 aromatic rings. The van der Waals surface area contributed by atoms with Gasteiger partial charge in [0.2, 0.25) is 0 Å². The van der Waals surface area contributed by atoms with Crippen LogP contribution in [-0.2, 0) is 23.9 Å².